The predicted molar refractivity (Wildman–Crippen MR) is 44.5 cm³/mol. The molecule has 0 spiro atoms. The lowest BCUT2D eigenvalue weighted by molar-refractivity contribution is -0.144. The molecule has 0 bridgehead atoms. The van der Waals surface area contributed by atoms with Crippen LogP contribution >= 0.6 is 15.9 Å². The summed E-state index contributed by atoms with van der Waals surface area (Å²) in [6, 6.07) is 0. The minimum atomic E-state index is -0.482. The molecule has 66 valence electrons. The summed E-state index contributed by atoms with van der Waals surface area (Å²) < 4.78 is 16.7. The number of halogens is 2. The summed E-state index contributed by atoms with van der Waals surface area (Å²) in [4.78, 5) is 10.8. The molecule has 0 amide bonds. The Morgan fingerprint density at radius 1 is 1.73 bits per heavy atom. The van der Waals surface area contributed by atoms with Crippen molar-refractivity contribution >= 4 is 21.9 Å². The van der Waals surface area contributed by atoms with Gasteiger partial charge in [0.15, 0.2) is 0 Å². The number of carbonyl (C=O) groups is 1. The van der Waals surface area contributed by atoms with Crippen molar-refractivity contribution in [2.24, 2.45) is 5.92 Å². The van der Waals surface area contributed by atoms with Crippen molar-refractivity contribution in [2.75, 3.05) is 18.6 Å². The predicted octanol–water partition coefficient (Wildman–Crippen LogP) is 1.92. The maximum absolute atomic E-state index is 12.0. The number of rotatable bonds is 5. The van der Waals surface area contributed by atoms with E-state index in [2.05, 4.69) is 20.7 Å². The monoisotopic (exact) mass is 226 g/mol. The van der Waals surface area contributed by atoms with Crippen molar-refractivity contribution in [1.29, 1.82) is 0 Å². The molecule has 0 aliphatic heterocycles. The third-order valence-corrected chi connectivity index (χ3v) is 2.11. The molecule has 1 atom stereocenters. The van der Waals surface area contributed by atoms with E-state index in [9.17, 15) is 9.18 Å². The lowest BCUT2D eigenvalue weighted by Gasteiger charge is -2.07. The van der Waals surface area contributed by atoms with Gasteiger partial charge in [0.1, 0.15) is 0 Å². The molecule has 0 unspecified atom stereocenters. The van der Waals surface area contributed by atoms with Crippen LogP contribution in [0.5, 0.6) is 0 Å². The van der Waals surface area contributed by atoms with E-state index in [1.807, 2.05) is 0 Å². The Balaban J connectivity index is 3.54. The number of alkyl halides is 2. The average molecular weight is 227 g/mol. The van der Waals surface area contributed by atoms with E-state index in [0.29, 0.717) is 11.9 Å². The van der Waals surface area contributed by atoms with Crippen LogP contribution in [0.15, 0.2) is 0 Å². The molecule has 0 N–H and O–H groups in total. The molecule has 0 aromatic rings. The van der Waals surface area contributed by atoms with Crippen LogP contribution in [0.4, 0.5) is 4.39 Å². The largest absolute Gasteiger partial charge is 0.466 e. The molecule has 0 fully saturated rings. The Bertz CT molecular complexity index is 115. The molecular weight excluding hydrogens is 215 g/mol. The highest BCUT2D eigenvalue weighted by Gasteiger charge is 2.12. The zero-order valence-corrected chi connectivity index (χ0v) is 8.06. The molecule has 0 rings (SSSR count). The molecule has 11 heavy (non-hydrogen) atoms. The first kappa shape index (κ1) is 10.9. The molecule has 0 saturated heterocycles. The van der Waals surface area contributed by atoms with E-state index in [4.69, 9.17) is 0 Å². The van der Waals surface area contributed by atoms with E-state index >= 15 is 0 Å². The van der Waals surface area contributed by atoms with Gasteiger partial charge in [-0.25, -0.2) is 0 Å². The fourth-order valence-corrected chi connectivity index (χ4v) is 1.01. The van der Waals surface area contributed by atoms with E-state index in [0.717, 1.165) is 0 Å². The van der Waals surface area contributed by atoms with Crippen molar-refractivity contribution < 1.29 is 13.9 Å². The maximum Gasteiger partial charge on any atom is 0.306 e. The Kier molecular flexibility index (Phi) is 6.51. The minimum Gasteiger partial charge on any atom is -0.466 e. The first-order valence-electron chi connectivity index (χ1n) is 3.52. The van der Waals surface area contributed by atoms with Crippen LogP contribution in [-0.2, 0) is 9.53 Å². The SMILES string of the molecule is CCOC(=O)C[C@H](CF)CBr. The lowest BCUT2D eigenvalue weighted by atomic mass is 10.1. The summed E-state index contributed by atoms with van der Waals surface area (Å²) in [6.07, 6.45) is 0.162. The fourth-order valence-electron chi connectivity index (χ4n) is 0.606. The van der Waals surface area contributed by atoms with Gasteiger partial charge < -0.3 is 4.74 Å². The van der Waals surface area contributed by atoms with Crippen LogP contribution in [0.1, 0.15) is 13.3 Å². The molecule has 2 nitrogen and oxygen atoms in total. The number of carbonyl (C=O) groups excluding carboxylic acids is 1. The van der Waals surface area contributed by atoms with Crippen LogP contribution in [0, 0.1) is 5.92 Å². The standard InChI is InChI=1S/C7H12BrFO2/c1-2-11-7(10)3-6(4-8)5-9/h6H,2-5H2,1H3/t6-/m0/s1. The van der Waals surface area contributed by atoms with Gasteiger partial charge in [0.2, 0.25) is 0 Å². The molecule has 0 aliphatic carbocycles. The van der Waals surface area contributed by atoms with Crippen LogP contribution in [0.3, 0.4) is 0 Å². The molecule has 0 heterocycles. The molecule has 0 aliphatic rings. The van der Waals surface area contributed by atoms with Crippen molar-refractivity contribution in [3.8, 4) is 0 Å². The number of ether oxygens (including phenoxy) is 1. The molecule has 4 heteroatoms. The summed E-state index contributed by atoms with van der Waals surface area (Å²) in [5, 5.41) is 0.502. The molecule has 0 aromatic heterocycles. The Morgan fingerprint density at radius 3 is 2.73 bits per heavy atom. The van der Waals surface area contributed by atoms with Crippen molar-refractivity contribution in [3.05, 3.63) is 0 Å². The van der Waals surface area contributed by atoms with Crippen molar-refractivity contribution in [1.82, 2.24) is 0 Å². The second kappa shape index (κ2) is 6.58. The van der Waals surface area contributed by atoms with Crippen molar-refractivity contribution in [3.63, 3.8) is 0 Å². The summed E-state index contributed by atoms with van der Waals surface area (Å²) in [5.41, 5.74) is 0. The highest BCUT2D eigenvalue weighted by atomic mass is 79.9. The summed E-state index contributed by atoms with van der Waals surface area (Å²) in [7, 11) is 0. The minimum absolute atomic E-state index is 0.162. The Labute approximate surface area is 74.2 Å². The average Bonchev–Trinajstić information content (AvgIpc) is 2.01. The first-order valence-corrected chi connectivity index (χ1v) is 4.64. The normalized spacial score (nSPS) is 12.6. The highest BCUT2D eigenvalue weighted by Crippen LogP contribution is 2.08. The molecule has 0 aromatic carbocycles. The lowest BCUT2D eigenvalue weighted by Crippen LogP contribution is -2.14. The van der Waals surface area contributed by atoms with Crippen LogP contribution in [0.2, 0.25) is 0 Å². The summed E-state index contributed by atoms with van der Waals surface area (Å²) >= 11 is 3.11. The highest BCUT2D eigenvalue weighted by molar-refractivity contribution is 9.09. The van der Waals surface area contributed by atoms with E-state index in [1.54, 1.807) is 6.92 Å². The van der Waals surface area contributed by atoms with Gasteiger partial charge in [0.25, 0.3) is 0 Å². The van der Waals surface area contributed by atoms with Gasteiger partial charge in [-0.2, -0.15) is 0 Å². The molecule has 0 saturated carbocycles. The number of hydrogen-bond donors (Lipinski definition) is 0. The van der Waals surface area contributed by atoms with Gasteiger partial charge in [0, 0.05) is 11.2 Å². The summed E-state index contributed by atoms with van der Waals surface area (Å²) in [5.74, 6) is -0.566. The van der Waals surface area contributed by atoms with Gasteiger partial charge in [-0.1, -0.05) is 15.9 Å². The third kappa shape index (κ3) is 5.18. The first-order chi connectivity index (χ1) is 5.24. The van der Waals surface area contributed by atoms with Gasteiger partial charge >= 0.3 is 5.97 Å². The quantitative estimate of drug-likeness (QED) is 0.529. The number of esters is 1. The zero-order valence-electron chi connectivity index (χ0n) is 6.48. The zero-order chi connectivity index (χ0) is 8.69. The van der Waals surface area contributed by atoms with Gasteiger partial charge in [-0.05, 0) is 6.92 Å². The maximum atomic E-state index is 12.0. The summed E-state index contributed by atoms with van der Waals surface area (Å²) in [6.45, 7) is 1.61. The van der Waals surface area contributed by atoms with E-state index in [-0.39, 0.29) is 18.3 Å². The number of hydrogen-bond acceptors (Lipinski definition) is 2. The fraction of sp³-hybridized carbons (Fsp3) is 0.857. The van der Waals surface area contributed by atoms with Crippen LogP contribution in [-0.4, -0.2) is 24.6 Å². The van der Waals surface area contributed by atoms with E-state index < -0.39 is 6.67 Å². The van der Waals surface area contributed by atoms with Crippen LogP contribution in [0.25, 0.3) is 0 Å². The third-order valence-electron chi connectivity index (χ3n) is 1.20. The second-order valence-electron chi connectivity index (χ2n) is 2.18. The molecule has 0 radical (unpaired) electrons. The van der Waals surface area contributed by atoms with Crippen LogP contribution < -0.4 is 0 Å². The van der Waals surface area contributed by atoms with Crippen molar-refractivity contribution in [2.45, 2.75) is 13.3 Å². The topological polar surface area (TPSA) is 26.3 Å². The van der Waals surface area contributed by atoms with E-state index in [1.165, 1.54) is 0 Å². The van der Waals surface area contributed by atoms with Gasteiger partial charge in [-0.15, -0.1) is 0 Å². The van der Waals surface area contributed by atoms with Gasteiger partial charge in [0.05, 0.1) is 19.7 Å². The Morgan fingerprint density at radius 2 is 2.36 bits per heavy atom. The second-order valence-corrected chi connectivity index (χ2v) is 2.83. The Hall–Kier alpha value is -0.120. The smallest absolute Gasteiger partial charge is 0.306 e. The molecular formula is C7H12BrFO2. The van der Waals surface area contributed by atoms with Gasteiger partial charge in [-0.3, -0.25) is 9.18 Å².